The number of aliphatic hydroxyl groups excluding tert-OH is 1. The van der Waals surface area contributed by atoms with E-state index in [9.17, 15) is 14.7 Å². The summed E-state index contributed by atoms with van der Waals surface area (Å²) in [4.78, 5) is 25.9. The Morgan fingerprint density at radius 3 is 2.79 bits per heavy atom. The van der Waals surface area contributed by atoms with Crippen molar-refractivity contribution in [2.24, 2.45) is 11.8 Å². The molecule has 2 aliphatic rings. The van der Waals surface area contributed by atoms with Crippen molar-refractivity contribution in [2.75, 3.05) is 13.2 Å². The number of aliphatic hydroxyl groups is 1. The Hall–Kier alpha value is -2.70. The molecule has 3 N–H and O–H groups in total. The maximum atomic E-state index is 13.1. The quantitative estimate of drug-likeness (QED) is 0.694. The molecule has 0 radical (unpaired) electrons. The van der Waals surface area contributed by atoms with Gasteiger partial charge in [-0.05, 0) is 31.0 Å². The molecule has 1 amide bonds. The van der Waals surface area contributed by atoms with Crippen LogP contribution in [0.15, 0.2) is 53.3 Å². The Bertz CT molecular complexity index is 967. The fraction of sp³-hybridized carbons (Fsp3) is 0.391. The Balaban J connectivity index is 1.55. The number of hydrogen-bond donors (Lipinski definition) is 3. The number of nitrogens with zero attached hydrogens (tertiary/aromatic N) is 1. The Labute approximate surface area is 170 Å². The molecule has 4 rings (SSSR count). The van der Waals surface area contributed by atoms with E-state index in [0.29, 0.717) is 18.7 Å². The summed E-state index contributed by atoms with van der Waals surface area (Å²) >= 11 is 0. The number of allylic oxidation sites excluding steroid dienone is 1. The minimum atomic E-state index is -0.401. The van der Waals surface area contributed by atoms with Gasteiger partial charge < -0.3 is 20.3 Å². The van der Waals surface area contributed by atoms with Crippen LogP contribution in [0.2, 0.25) is 0 Å². The summed E-state index contributed by atoms with van der Waals surface area (Å²) in [6, 6.07) is 13.4. The van der Waals surface area contributed by atoms with Crippen LogP contribution in [0.3, 0.4) is 0 Å². The smallest absolute Gasteiger partial charge is 0.258 e. The minimum Gasteiger partial charge on any atom is -0.396 e. The highest BCUT2D eigenvalue weighted by Gasteiger charge is 2.50. The van der Waals surface area contributed by atoms with E-state index in [4.69, 9.17) is 0 Å². The molecule has 0 spiro atoms. The van der Waals surface area contributed by atoms with Crippen LogP contribution in [0.25, 0.3) is 6.08 Å². The molecule has 3 heterocycles. The van der Waals surface area contributed by atoms with E-state index >= 15 is 0 Å². The van der Waals surface area contributed by atoms with Crippen LogP contribution in [0.1, 0.15) is 29.8 Å². The van der Waals surface area contributed by atoms with Gasteiger partial charge in [0.05, 0.1) is 12.0 Å². The van der Waals surface area contributed by atoms with Gasteiger partial charge in [0.1, 0.15) is 0 Å². The van der Waals surface area contributed by atoms with Gasteiger partial charge in [-0.15, -0.1) is 0 Å². The van der Waals surface area contributed by atoms with Crippen LogP contribution in [-0.4, -0.2) is 34.8 Å². The van der Waals surface area contributed by atoms with Crippen molar-refractivity contribution in [2.45, 2.75) is 32.0 Å². The molecule has 6 nitrogen and oxygen atoms in total. The van der Waals surface area contributed by atoms with Crippen molar-refractivity contribution in [1.29, 1.82) is 0 Å². The molecule has 1 aromatic heterocycles. The van der Waals surface area contributed by atoms with E-state index in [2.05, 4.69) is 10.6 Å². The van der Waals surface area contributed by atoms with Gasteiger partial charge in [0.25, 0.3) is 5.56 Å². The predicted molar refractivity (Wildman–Crippen MR) is 112 cm³/mol. The van der Waals surface area contributed by atoms with Gasteiger partial charge in [-0.2, -0.15) is 0 Å². The summed E-state index contributed by atoms with van der Waals surface area (Å²) in [5.74, 6) is -0.693. The number of amides is 1. The van der Waals surface area contributed by atoms with Crippen LogP contribution >= 0.6 is 0 Å². The third-order valence-corrected chi connectivity index (χ3v) is 6.08. The maximum absolute atomic E-state index is 13.1. The Kier molecular flexibility index (Phi) is 5.65. The second kappa shape index (κ2) is 8.35. The fourth-order valence-corrected chi connectivity index (χ4v) is 4.66. The van der Waals surface area contributed by atoms with Crippen LogP contribution in [0.5, 0.6) is 0 Å². The molecule has 1 saturated heterocycles. The molecular weight excluding hydrogens is 366 g/mol. The van der Waals surface area contributed by atoms with E-state index in [1.807, 2.05) is 55.5 Å². The van der Waals surface area contributed by atoms with Crippen LogP contribution in [0, 0.1) is 11.8 Å². The second-order valence-corrected chi connectivity index (χ2v) is 7.78. The zero-order chi connectivity index (χ0) is 20.4. The van der Waals surface area contributed by atoms with E-state index in [-0.39, 0.29) is 36.1 Å². The summed E-state index contributed by atoms with van der Waals surface area (Å²) < 4.78 is 1.76. The third-order valence-electron chi connectivity index (χ3n) is 6.08. The molecule has 0 saturated carbocycles. The molecule has 152 valence electrons. The molecule has 6 heteroatoms. The SMILES string of the molecule is C/C=C\c1ccc2n(c1=O)C[C@@H]1N[C@H]2[C@H](C(=O)NCCc2ccccc2)[C@H]1CO. The topological polar surface area (TPSA) is 83.4 Å². The van der Waals surface area contributed by atoms with Gasteiger partial charge in [-0.1, -0.05) is 42.5 Å². The Morgan fingerprint density at radius 2 is 2.07 bits per heavy atom. The van der Waals surface area contributed by atoms with E-state index < -0.39 is 5.92 Å². The molecule has 2 bridgehead atoms. The van der Waals surface area contributed by atoms with Crippen molar-refractivity contribution in [3.63, 3.8) is 0 Å². The molecule has 29 heavy (non-hydrogen) atoms. The normalized spacial score (nSPS) is 25.2. The summed E-state index contributed by atoms with van der Waals surface area (Å²) in [6.07, 6.45) is 4.41. The zero-order valence-corrected chi connectivity index (χ0v) is 16.5. The van der Waals surface area contributed by atoms with Gasteiger partial charge in [-0.25, -0.2) is 0 Å². The summed E-state index contributed by atoms with van der Waals surface area (Å²) in [5.41, 5.74) is 2.59. The largest absolute Gasteiger partial charge is 0.396 e. The molecule has 2 aliphatic heterocycles. The lowest BCUT2D eigenvalue weighted by molar-refractivity contribution is -0.127. The lowest BCUT2D eigenvalue weighted by Crippen LogP contribution is -2.43. The number of nitrogens with one attached hydrogen (secondary N) is 2. The lowest BCUT2D eigenvalue weighted by atomic mass is 9.86. The van der Waals surface area contributed by atoms with E-state index in [0.717, 1.165) is 12.1 Å². The first kappa shape index (κ1) is 19.6. The van der Waals surface area contributed by atoms with Gasteiger partial charge in [-0.3, -0.25) is 9.59 Å². The highest BCUT2D eigenvalue weighted by molar-refractivity contribution is 5.80. The molecule has 1 aromatic carbocycles. The van der Waals surface area contributed by atoms with Crippen molar-refractivity contribution >= 4 is 12.0 Å². The van der Waals surface area contributed by atoms with Crippen molar-refractivity contribution < 1.29 is 9.90 Å². The van der Waals surface area contributed by atoms with Crippen LogP contribution in [-0.2, 0) is 17.8 Å². The third kappa shape index (κ3) is 3.66. The first-order valence-corrected chi connectivity index (χ1v) is 10.2. The van der Waals surface area contributed by atoms with Gasteiger partial charge in [0, 0.05) is 42.9 Å². The van der Waals surface area contributed by atoms with E-state index in [1.54, 1.807) is 10.6 Å². The fourth-order valence-electron chi connectivity index (χ4n) is 4.66. The van der Waals surface area contributed by atoms with Crippen molar-refractivity contribution in [1.82, 2.24) is 15.2 Å². The minimum absolute atomic E-state index is 0.0427. The van der Waals surface area contributed by atoms with Gasteiger partial charge in [0.15, 0.2) is 0 Å². The van der Waals surface area contributed by atoms with Gasteiger partial charge >= 0.3 is 0 Å². The highest BCUT2D eigenvalue weighted by Crippen LogP contribution is 2.40. The molecule has 0 aliphatic carbocycles. The molecular formula is C23H27N3O3. The Morgan fingerprint density at radius 1 is 1.28 bits per heavy atom. The summed E-state index contributed by atoms with van der Waals surface area (Å²) in [7, 11) is 0. The monoisotopic (exact) mass is 393 g/mol. The van der Waals surface area contributed by atoms with Crippen LogP contribution < -0.4 is 16.2 Å². The van der Waals surface area contributed by atoms with Crippen molar-refractivity contribution in [3.05, 3.63) is 75.7 Å². The number of hydrogen-bond acceptors (Lipinski definition) is 4. The lowest BCUT2D eigenvalue weighted by Gasteiger charge is -2.28. The number of carbonyl (C=O) groups is 1. The number of rotatable bonds is 6. The van der Waals surface area contributed by atoms with Crippen LogP contribution in [0.4, 0.5) is 0 Å². The number of pyridine rings is 1. The second-order valence-electron chi connectivity index (χ2n) is 7.78. The first-order chi connectivity index (χ1) is 14.1. The molecule has 4 atom stereocenters. The van der Waals surface area contributed by atoms with E-state index in [1.165, 1.54) is 5.56 Å². The number of carbonyl (C=O) groups excluding carboxylic acids is 1. The zero-order valence-electron chi connectivity index (χ0n) is 16.5. The average Bonchev–Trinajstić information content (AvgIpc) is 3.04. The molecule has 0 unspecified atom stereocenters. The van der Waals surface area contributed by atoms with Crippen molar-refractivity contribution in [3.8, 4) is 0 Å². The average molecular weight is 393 g/mol. The maximum Gasteiger partial charge on any atom is 0.258 e. The first-order valence-electron chi connectivity index (χ1n) is 10.2. The molecule has 2 aromatic rings. The number of fused-ring (bicyclic) bond motifs is 4. The summed E-state index contributed by atoms with van der Waals surface area (Å²) in [6.45, 7) is 2.80. The highest BCUT2D eigenvalue weighted by atomic mass is 16.3. The molecule has 1 fully saturated rings. The summed E-state index contributed by atoms with van der Waals surface area (Å²) in [5, 5.41) is 16.5. The predicted octanol–water partition coefficient (Wildman–Crippen LogP) is 1.49. The number of aromatic nitrogens is 1. The van der Waals surface area contributed by atoms with Gasteiger partial charge in [0.2, 0.25) is 5.91 Å². The number of benzene rings is 1. The standard InChI is InChI=1S/C23H27N3O3/c1-2-6-16-9-10-19-21-20(17(14-27)18(25-21)13-26(19)23(16)29)22(28)24-12-11-15-7-4-3-5-8-15/h2-10,17-18,20-21,25,27H,11-14H2,1H3,(H,24,28)/b6-2-/t17-,18-,20+,21+/m0/s1.